The zero-order chi connectivity index (χ0) is 12.3. The summed E-state index contributed by atoms with van der Waals surface area (Å²) in [6.45, 7) is 2.75. The Morgan fingerprint density at radius 3 is 2.75 bits per heavy atom. The minimum absolute atomic E-state index is 0.188. The number of carboxylic acid groups (broad SMARTS) is 1. The molecule has 0 saturated carbocycles. The molecule has 0 aromatic heterocycles. The molecule has 0 radical (unpaired) electrons. The standard InChI is InChI=1S/C11H14FNO3/c1-7-3-4-8(12)5-9(7)13-6-11(2,16)10(14)15/h3-5,13,16H,6H2,1-2H3,(H,14,15). The molecule has 0 aliphatic rings. The van der Waals surface area contributed by atoms with E-state index in [1.54, 1.807) is 13.0 Å². The third-order valence-electron chi connectivity index (χ3n) is 2.28. The lowest BCUT2D eigenvalue weighted by Crippen LogP contribution is -2.41. The molecule has 0 aliphatic heterocycles. The van der Waals surface area contributed by atoms with Gasteiger partial charge in [-0.2, -0.15) is 0 Å². The van der Waals surface area contributed by atoms with Gasteiger partial charge in [0.15, 0.2) is 5.60 Å². The number of aliphatic hydroxyl groups is 1. The molecule has 0 amide bonds. The van der Waals surface area contributed by atoms with E-state index in [0.29, 0.717) is 5.69 Å². The molecule has 1 rings (SSSR count). The number of hydrogen-bond acceptors (Lipinski definition) is 3. The van der Waals surface area contributed by atoms with Crippen molar-refractivity contribution < 1.29 is 19.4 Å². The van der Waals surface area contributed by atoms with Gasteiger partial charge in [0.25, 0.3) is 0 Å². The Morgan fingerprint density at radius 2 is 2.19 bits per heavy atom. The molecule has 0 heterocycles. The second kappa shape index (κ2) is 4.49. The van der Waals surface area contributed by atoms with Gasteiger partial charge >= 0.3 is 5.97 Å². The molecule has 88 valence electrons. The van der Waals surface area contributed by atoms with Crippen molar-refractivity contribution >= 4 is 11.7 Å². The van der Waals surface area contributed by atoms with Crippen LogP contribution in [0.25, 0.3) is 0 Å². The number of nitrogens with one attached hydrogen (secondary N) is 1. The van der Waals surface area contributed by atoms with Gasteiger partial charge in [-0.15, -0.1) is 0 Å². The number of aryl methyl sites for hydroxylation is 1. The van der Waals surface area contributed by atoms with Crippen molar-refractivity contribution in [2.24, 2.45) is 0 Å². The zero-order valence-electron chi connectivity index (χ0n) is 9.12. The summed E-state index contributed by atoms with van der Waals surface area (Å²) in [5.41, 5.74) is -0.622. The van der Waals surface area contributed by atoms with Gasteiger partial charge in [0.05, 0.1) is 6.54 Å². The second-order valence-corrected chi connectivity index (χ2v) is 3.89. The van der Waals surface area contributed by atoms with Gasteiger partial charge in [-0.1, -0.05) is 6.07 Å². The first kappa shape index (κ1) is 12.4. The molecule has 0 spiro atoms. The van der Waals surface area contributed by atoms with Crippen LogP contribution in [-0.4, -0.2) is 28.3 Å². The fourth-order valence-corrected chi connectivity index (χ4v) is 1.13. The zero-order valence-corrected chi connectivity index (χ0v) is 9.12. The van der Waals surface area contributed by atoms with E-state index in [4.69, 9.17) is 5.11 Å². The molecule has 0 aliphatic carbocycles. The van der Waals surface area contributed by atoms with Crippen LogP contribution in [0.1, 0.15) is 12.5 Å². The minimum atomic E-state index is -1.88. The predicted octanol–water partition coefficient (Wildman–Crippen LogP) is 1.38. The van der Waals surface area contributed by atoms with Gasteiger partial charge < -0.3 is 15.5 Å². The van der Waals surface area contributed by atoms with Crippen LogP contribution >= 0.6 is 0 Å². The topological polar surface area (TPSA) is 69.6 Å². The van der Waals surface area contributed by atoms with Crippen LogP contribution in [0.2, 0.25) is 0 Å². The lowest BCUT2D eigenvalue weighted by Gasteiger charge is -2.19. The molecule has 0 saturated heterocycles. The summed E-state index contributed by atoms with van der Waals surface area (Å²) in [7, 11) is 0. The van der Waals surface area contributed by atoms with Crippen molar-refractivity contribution in [1.82, 2.24) is 0 Å². The van der Waals surface area contributed by atoms with Crippen molar-refractivity contribution in [1.29, 1.82) is 0 Å². The van der Waals surface area contributed by atoms with Crippen molar-refractivity contribution in [3.8, 4) is 0 Å². The smallest absolute Gasteiger partial charge is 0.337 e. The summed E-state index contributed by atoms with van der Waals surface area (Å²) in [5, 5.41) is 20.8. The van der Waals surface area contributed by atoms with E-state index >= 15 is 0 Å². The van der Waals surface area contributed by atoms with Gasteiger partial charge in [-0.05, 0) is 31.5 Å². The maximum Gasteiger partial charge on any atom is 0.337 e. The molecule has 3 N–H and O–H groups in total. The first-order valence-corrected chi connectivity index (χ1v) is 4.79. The molecule has 1 aromatic rings. The third-order valence-corrected chi connectivity index (χ3v) is 2.28. The molecule has 5 heteroatoms. The molecule has 1 atom stereocenters. The minimum Gasteiger partial charge on any atom is -0.479 e. The Labute approximate surface area is 92.7 Å². The van der Waals surface area contributed by atoms with Gasteiger partial charge in [0.1, 0.15) is 5.82 Å². The number of halogens is 1. The SMILES string of the molecule is Cc1ccc(F)cc1NCC(C)(O)C(=O)O. The molecule has 4 nitrogen and oxygen atoms in total. The summed E-state index contributed by atoms with van der Waals surface area (Å²) in [6, 6.07) is 4.15. The average molecular weight is 227 g/mol. The fourth-order valence-electron chi connectivity index (χ4n) is 1.13. The van der Waals surface area contributed by atoms with E-state index in [2.05, 4.69) is 5.32 Å². The van der Waals surface area contributed by atoms with Gasteiger partial charge in [-0.3, -0.25) is 0 Å². The fraction of sp³-hybridized carbons (Fsp3) is 0.364. The largest absolute Gasteiger partial charge is 0.479 e. The highest BCUT2D eigenvalue weighted by Crippen LogP contribution is 2.17. The molecule has 0 bridgehead atoms. The number of rotatable bonds is 4. The van der Waals surface area contributed by atoms with Crippen molar-refractivity contribution in [3.05, 3.63) is 29.6 Å². The van der Waals surface area contributed by atoms with Gasteiger partial charge in [0.2, 0.25) is 0 Å². The van der Waals surface area contributed by atoms with E-state index in [-0.39, 0.29) is 6.54 Å². The van der Waals surface area contributed by atoms with Crippen molar-refractivity contribution in [3.63, 3.8) is 0 Å². The summed E-state index contributed by atoms with van der Waals surface area (Å²) in [5.74, 6) is -1.74. The molecular weight excluding hydrogens is 213 g/mol. The quantitative estimate of drug-likeness (QED) is 0.726. The first-order valence-electron chi connectivity index (χ1n) is 4.79. The second-order valence-electron chi connectivity index (χ2n) is 3.89. The van der Waals surface area contributed by atoms with Crippen molar-refractivity contribution in [2.45, 2.75) is 19.4 Å². The monoisotopic (exact) mass is 227 g/mol. The average Bonchev–Trinajstić information content (AvgIpc) is 2.19. The summed E-state index contributed by atoms with van der Waals surface area (Å²) in [4.78, 5) is 10.6. The van der Waals surface area contributed by atoms with Crippen LogP contribution in [0.5, 0.6) is 0 Å². The van der Waals surface area contributed by atoms with E-state index in [1.165, 1.54) is 19.1 Å². The number of anilines is 1. The Kier molecular flexibility index (Phi) is 3.49. The molecular formula is C11H14FNO3. The number of benzene rings is 1. The van der Waals surface area contributed by atoms with Gasteiger partial charge in [0, 0.05) is 5.69 Å². The number of hydrogen-bond donors (Lipinski definition) is 3. The Morgan fingerprint density at radius 1 is 1.56 bits per heavy atom. The maximum absolute atomic E-state index is 12.9. The van der Waals surface area contributed by atoms with Crippen LogP contribution in [0.3, 0.4) is 0 Å². The maximum atomic E-state index is 12.9. The van der Waals surface area contributed by atoms with Crippen LogP contribution in [0.4, 0.5) is 10.1 Å². The Hall–Kier alpha value is -1.62. The lowest BCUT2D eigenvalue weighted by atomic mass is 10.1. The van der Waals surface area contributed by atoms with E-state index in [1.807, 2.05) is 0 Å². The number of carboxylic acids is 1. The van der Waals surface area contributed by atoms with E-state index < -0.39 is 17.4 Å². The summed E-state index contributed by atoms with van der Waals surface area (Å²) in [6.07, 6.45) is 0. The molecule has 1 aromatic carbocycles. The van der Waals surface area contributed by atoms with Crippen molar-refractivity contribution in [2.75, 3.05) is 11.9 Å². The van der Waals surface area contributed by atoms with E-state index in [9.17, 15) is 14.3 Å². The molecule has 1 unspecified atom stereocenters. The highest BCUT2D eigenvalue weighted by atomic mass is 19.1. The van der Waals surface area contributed by atoms with Crippen LogP contribution in [-0.2, 0) is 4.79 Å². The molecule has 0 fully saturated rings. The highest BCUT2D eigenvalue weighted by Gasteiger charge is 2.29. The first-order chi connectivity index (χ1) is 7.33. The van der Waals surface area contributed by atoms with Crippen LogP contribution in [0.15, 0.2) is 18.2 Å². The highest BCUT2D eigenvalue weighted by molar-refractivity contribution is 5.77. The molecule has 16 heavy (non-hydrogen) atoms. The summed E-state index contributed by atoms with van der Waals surface area (Å²) >= 11 is 0. The van der Waals surface area contributed by atoms with Gasteiger partial charge in [-0.25, -0.2) is 9.18 Å². The van der Waals surface area contributed by atoms with E-state index in [0.717, 1.165) is 5.56 Å². The van der Waals surface area contributed by atoms with Crippen LogP contribution in [0, 0.1) is 12.7 Å². The predicted molar refractivity (Wildman–Crippen MR) is 57.9 cm³/mol. The Balaban J connectivity index is 2.75. The van der Waals surface area contributed by atoms with Crippen LogP contribution < -0.4 is 5.32 Å². The Bertz CT molecular complexity index is 404. The normalized spacial score (nSPS) is 14.2. The lowest BCUT2D eigenvalue weighted by molar-refractivity contribution is -0.155. The third kappa shape index (κ3) is 2.93. The number of aliphatic carboxylic acids is 1. The number of carbonyl (C=O) groups is 1. The summed E-state index contributed by atoms with van der Waals surface area (Å²) < 4.78 is 12.9.